The van der Waals surface area contributed by atoms with Gasteiger partial charge in [0.05, 0.1) is 16.8 Å². The van der Waals surface area contributed by atoms with Crippen LogP contribution < -0.4 is 11.1 Å². The molecular formula is C19H26ClN3O2S. The van der Waals surface area contributed by atoms with Crippen molar-refractivity contribution in [2.45, 2.75) is 44.8 Å². The van der Waals surface area contributed by atoms with E-state index in [1.807, 2.05) is 18.2 Å². The zero-order valence-corrected chi connectivity index (χ0v) is 16.6. The summed E-state index contributed by atoms with van der Waals surface area (Å²) in [6, 6.07) is 6.34. The minimum absolute atomic E-state index is 0. The molecule has 142 valence electrons. The molecule has 1 heterocycles. The number of thiazole rings is 1. The summed E-state index contributed by atoms with van der Waals surface area (Å²) in [7, 11) is 1.68. The molecule has 4 rings (SSSR count). The Labute approximate surface area is 164 Å². The van der Waals surface area contributed by atoms with Gasteiger partial charge in [0.25, 0.3) is 0 Å². The van der Waals surface area contributed by atoms with Crippen LogP contribution in [-0.4, -0.2) is 24.0 Å². The van der Waals surface area contributed by atoms with Crippen LogP contribution in [0.15, 0.2) is 18.2 Å². The maximum atomic E-state index is 12.8. The lowest BCUT2D eigenvalue weighted by atomic mass is 9.65. The van der Waals surface area contributed by atoms with E-state index in [0.717, 1.165) is 28.6 Å². The maximum Gasteiger partial charge on any atom is 0.229 e. The molecule has 3 N–H and O–H groups in total. The van der Waals surface area contributed by atoms with E-state index >= 15 is 0 Å². The number of hydrogen-bond donors (Lipinski definition) is 2. The van der Waals surface area contributed by atoms with Crippen LogP contribution in [-0.2, 0) is 16.1 Å². The molecule has 0 saturated heterocycles. The third kappa shape index (κ3) is 3.74. The van der Waals surface area contributed by atoms with E-state index < -0.39 is 0 Å². The molecule has 2 fully saturated rings. The first kappa shape index (κ1) is 19.5. The van der Waals surface area contributed by atoms with Crippen LogP contribution in [0.2, 0.25) is 0 Å². The van der Waals surface area contributed by atoms with Crippen LogP contribution in [0.5, 0.6) is 0 Å². The Morgan fingerprint density at radius 3 is 2.77 bits per heavy atom. The maximum absolute atomic E-state index is 12.8. The van der Waals surface area contributed by atoms with Gasteiger partial charge in [-0.2, -0.15) is 0 Å². The number of nitrogens with one attached hydrogen (secondary N) is 1. The Kier molecular flexibility index (Phi) is 6.17. The molecule has 0 aliphatic heterocycles. The fourth-order valence-corrected chi connectivity index (χ4v) is 5.46. The van der Waals surface area contributed by atoms with Crippen LogP contribution in [0.3, 0.4) is 0 Å². The lowest BCUT2D eigenvalue weighted by molar-refractivity contribution is -0.122. The largest absolute Gasteiger partial charge is 0.380 e. The first-order chi connectivity index (χ1) is 12.2. The van der Waals surface area contributed by atoms with E-state index in [-0.39, 0.29) is 30.3 Å². The minimum Gasteiger partial charge on any atom is -0.380 e. The van der Waals surface area contributed by atoms with Crippen molar-refractivity contribution in [1.29, 1.82) is 0 Å². The summed E-state index contributed by atoms with van der Waals surface area (Å²) in [5.41, 5.74) is 8.32. The number of nitrogens with two attached hydrogens (primary N) is 1. The van der Waals surface area contributed by atoms with Gasteiger partial charge < -0.3 is 15.8 Å². The summed E-state index contributed by atoms with van der Waals surface area (Å²) in [5.74, 6) is 1.19. The minimum atomic E-state index is 0. The normalized spacial score (nSPS) is 27.8. The Bertz CT molecular complexity index is 767. The highest BCUT2D eigenvalue weighted by atomic mass is 35.5. The predicted molar refractivity (Wildman–Crippen MR) is 108 cm³/mol. The van der Waals surface area contributed by atoms with Gasteiger partial charge in [0.2, 0.25) is 5.91 Å². The van der Waals surface area contributed by atoms with Gasteiger partial charge in [-0.15, -0.1) is 12.4 Å². The van der Waals surface area contributed by atoms with Crippen molar-refractivity contribution in [3.63, 3.8) is 0 Å². The molecule has 2 aliphatic carbocycles. The molecule has 2 unspecified atom stereocenters. The molecule has 1 amide bonds. The van der Waals surface area contributed by atoms with Crippen molar-refractivity contribution in [2.24, 2.45) is 23.5 Å². The van der Waals surface area contributed by atoms with Crippen LogP contribution in [0.25, 0.3) is 10.2 Å². The SMILES string of the molecule is COCc1cccc2sc(NC(=O)C3CC4CCCC(C3)C4N)nc12.Cl. The number of methoxy groups -OCH3 is 1. The van der Waals surface area contributed by atoms with Crippen LogP contribution in [0, 0.1) is 17.8 Å². The highest BCUT2D eigenvalue weighted by molar-refractivity contribution is 7.22. The monoisotopic (exact) mass is 395 g/mol. The highest BCUT2D eigenvalue weighted by Gasteiger charge is 2.40. The summed E-state index contributed by atoms with van der Waals surface area (Å²) in [6.07, 6.45) is 5.44. The number of nitrogens with zero attached hydrogens (tertiary/aromatic N) is 1. The number of para-hydroxylation sites is 1. The van der Waals surface area contributed by atoms with E-state index in [2.05, 4.69) is 10.3 Å². The standard InChI is InChI=1S/C19H25N3O2S.ClH/c1-24-10-13-6-3-7-15-17(13)21-19(25-15)22-18(23)14-8-11-4-2-5-12(9-14)16(11)20;/h3,6-7,11-12,14,16H,2,4-5,8-10,20H2,1H3,(H,21,22,23);1H. The van der Waals surface area contributed by atoms with Gasteiger partial charge in [-0.1, -0.05) is 29.9 Å². The summed E-state index contributed by atoms with van der Waals surface area (Å²) in [4.78, 5) is 17.4. The third-order valence-corrected chi connectivity index (χ3v) is 6.75. The summed E-state index contributed by atoms with van der Waals surface area (Å²) >= 11 is 1.53. The second-order valence-corrected chi connectivity index (χ2v) is 8.43. The fraction of sp³-hybridized carbons (Fsp3) is 0.579. The third-order valence-electron chi connectivity index (χ3n) is 5.82. The van der Waals surface area contributed by atoms with Crippen molar-refractivity contribution >= 4 is 45.0 Å². The lowest BCUT2D eigenvalue weighted by Gasteiger charge is -2.43. The molecule has 2 atom stereocenters. The number of carbonyl (C=O) groups excluding carboxylic acids is 1. The number of aromatic nitrogens is 1. The quantitative estimate of drug-likeness (QED) is 0.821. The summed E-state index contributed by atoms with van der Waals surface area (Å²) < 4.78 is 6.32. The number of ether oxygens (including phenoxy) is 1. The molecule has 2 bridgehead atoms. The zero-order valence-electron chi connectivity index (χ0n) is 14.9. The topological polar surface area (TPSA) is 77.2 Å². The van der Waals surface area contributed by atoms with Gasteiger partial charge in [0.15, 0.2) is 5.13 Å². The Morgan fingerprint density at radius 1 is 1.35 bits per heavy atom. The molecule has 2 aliphatic rings. The fourth-order valence-electron chi connectivity index (χ4n) is 4.54. The van der Waals surface area contributed by atoms with Crippen LogP contribution in [0.4, 0.5) is 5.13 Å². The number of fused-ring (bicyclic) bond motifs is 3. The van der Waals surface area contributed by atoms with Gasteiger partial charge in [-0.3, -0.25) is 4.79 Å². The molecule has 1 aromatic carbocycles. The number of anilines is 1. The average Bonchev–Trinajstić information content (AvgIpc) is 2.98. The van der Waals surface area contributed by atoms with E-state index in [1.165, 1.54) is 30.6 Å². The van der Waals surface area contributed by atoms with Crippen LogP contribution >= 0.6 is 23.7 Å². The smallest absolute Gasteiger partial charge is 0.229 e. The molecule has 7 heteroatoms. The molecule has 2 aromatic rings. The summed E-state index contributed by atoms with van der Waals surface area (Å²) in [5, 5.41) is 3.75. The van der Waals surface area contributed by atoms with Gasteiger partial charge in [0.1, 0.15) is 0 Å². The molecule has 2 saturated carbocycles. The first-order valence-corrected chi connectivity index (χ1v) is 9.91. The second kappa shape index (κ2) is 8.21. The van der Waals surface area contributed by atoms with E-state index in [1.54, 1.807) is 7.11 Å². The average molecular weight is 396 g/mol. The molecular weight excluding hydrogens is 370 g/mol. The molecule has 1 aromatic heterocycles. The van der Waals surface area contributed by atoms with Gasteiger partial charge in [-0.25, -0.2) is 4.98 Å². The zero-order chi connectivity index (χ0) is 17.4. The molecule has 0 radical (unpaired) electrons. The molecule has 0 spiro atoms. The van der Waals surface area contributed by atoms with Crippen molar-refractivity contribution in [3.8, 4) is 0 Å². The van der Waals surface area contributed by atoms with Crippen LogP contribution in [0.1, 0.15) is 37.7 Å². The van der Waals surface area contributed by atoms with Crippen molar-refractivity contribution < 1.29 is 9.53 Å². The number of rotatable bonds is 4. The number of amides is 1. The summed E-state index contributed by atoms with van der Waals surface area (Å²) in [6.45, 7) is 0.526. The number of carbonyl (C=O) groups is 1. The Balaban J connectivity index is 0.00000196. The predicted octanol–water partition coefficient (Wildman–Crippen LogP) is 3.96. The Hall–Kier alpha value is -1.21. The lowest BCUT2D eigenvalue weighted by Crippen LogP contribution is -2.48. The van der Waals surface area contributed by atoms with Gasteiger partial charge in [-0.05, 0) is 43.6 Å². The van der Waals surface area contributed by atoms with Crippen molar-refractivity contribution in [1.82, 2.24) is 4.98 Å². The number of benzene rings is 1. The highest BCUT2D eigenvalue weighted by Crippen LogP contribution is 2.42. The van der Waals surface area contributed by atoms with Gasteiger partial charge >= 0.3 is 0 Å². The molecule has 26 heavy (non-hydrogen) atoms. The van der Waals surface area contributed by atoms with E-state index in [9.17, 15) is 4.79 Å². The Morgan fingerprint density at radius 2 is 2.08 bits per heavy atom. The van der Waals surface area contributed by atoms with Crippen molar-refractivity contribution in [3.05, 3.63) is 23.8 Å². The number of halogens is 1. The van der Waals surface area contributed by atoms with Crippen molar-refractivity contribution in [2.75, 3.05) is 12.4 Å². The number of hydrogen-bond acceptors (Lipinski definition) is 5. The first-order valence-electron chi connectivity index (χ1n) is 9.09. The van der Waals surface area contributed by atoms with Gasteiger partial charge in [0, 0.05) is 24.6 Å². The second-order valence-electron chi connectivity index (χ2n) is 7.40. The van der Waals surface area contributed by atoms with E-state index in [0.29, 0.717) is 23.6 Å². The van der Waals surface area contributed by atoms with E-state index in [4.69, 9.17) is 10.5 Å². The molecule has 5 nitrogen and oxygen atoms in total.